The van der Waals surface area contributed by atoms with Crippen LogP contribution in [0.2, 0.25) is 0 Å². The highest BCUT2D eigenvalue weighted by molar-refractivity contribution is 6.03. The van der Waals surface area contributed by atoms with E-state index in [1.54, 1.807) is 34.1 Å². The molecule has 0 atom stereocenters. The van der Waals surface area contributed by atoms with E-state index in [0.29, 0.717) is 25.2 Å². The summed E-state index contributed by atoms with van der Waals surface area (Å²) in [4.78, 5) is 39.3. The minimum Gasteiger partial charge on any atom is -0.336 e. The predicted octanol–water partition coefficient (Wildman–Crippen LogP) is 2.99. The lowest BCUT2D eigenvalue weighted by Crippen LogP contribution is -2.27. The minimum atomic E-state index is -0.258. The third kappa shape index (κ3) is 4.29. The van der Waals surface area contributed by atoms with Gasteiger partial charge in [-0.2, -0.15) is 0 Å². The van der Waals surface area contributed by atoms with Crippen molar-refractivity contribution in [3.8, 4) is 0 Å². The van der Waals surface area contributed by atoms with E-state index in [1.165, 1.54) is 6.08 Å². The zero-order valence-electron chi connectivity index (χ0n) is 15.9. The van der Waals surface area contributed by atoms with Crippen LogP contribution >= 0.6 is 0 Å². The predicted molar refractivity (Wildman–Crippen MR) is 113 cm³/mol. The number of urea groups is 1. The van der Waals surface area contributed by atoms with Gasteiger partial charge >= 0.3 is 6.03 Å². The molecule has 2 saturated heterocycles. The molecule has 2 aromatic rings. The number of carbonyl (C=O) groups is 3. The number of nitrogens with zero attached hydrogens (tertiary/aromatic N) is 2. The van der Waals surface area contributed by atoms with Gasteiger partial charge in [0.25, 0.3) is 0 Å². The second kappa shape index (κ2) is 8.18. The van der Waals surface area contributed by atoms with Crippen molar-refractivity contribution in [2.75, 3.05) is 34.8 Å². The smallest absolute Gasteiger partial charge is 0.321 e. The number of carbonyl (C=O) groups excluding carboxylic acids is 3. The Labute approximate surface area is 169 Å². The fraction of sp³-hybridized carbons (Fsp3) is 0.227. The highest BCUT2D eigenvalue weighted by Crippen LogP contribution is 2.23. The highest BCUT2D eigenvalue weighted by Gasteiger charge is 2.22. The van der Waals surface area contributed by atoms with Crippen molar-refractivity contribution >= 4 is 41.0 Å². The van der Waals surface area contributed by atoms with E-state index >= 15 is 0 Å². The maximum absolute atomic E-state index is 12.3. The van der Waals surface area contributed by atoms with Crippen LogP contribution in [0, 0.1) is 0 Å². The van der Waals surface area contributed by atoms with Gasteiger partial charge in [0.15, 0.2) is 0 Å². The van der Waals surface area contributed by atoms with Gasteiger partial charge in [0.05, 0.1) is 0 Å². The summed E-state index contributed by atoms with van der Waals surface area (Å²) in [5.74, 6) is -0.104. The average molecular weight is 390 g/mol. The molecule has 29 heavy (non-hydrogen) atoms. The van der Waals surface area contributed by atoms with E-state index < -0.39 is 0 Å². The van der Waals surface area contributed by atoms with Gasteiger partial charge in [-0.15, -0.1) is 0 Å². The summed E-state index contributed by atoms with van der Waals surface area (Å²) in [6.07, 6.45) is 4.68. The first kappa shape index (κ1) is 18.7. The van der Waals surface area contributed by atoms with Crippen molar-refractivity contribution < 1.29 is 14.4 Å². The second-order valence-corrected chi connectivity index (χ2v) is 7.00. The topological polar surface area (TPSA) is 81.8 Å². The fourth-order valence-electron chi connectivity index (χ4n) is 3.51. The molecule has 4 rings (SSSR count). The van der Waals surface area contributed by atoms with Gasteiger partial charge in [0.2, 0.25) is 11.8 Å². The van der Waals surface area contributed by atoms with Gasteiger partial charge < -0.3 is 15.5 Å². The number of hydrogen-bond acceptors (Lipinski definition) is 3. The normalized spacial score (nSPS) is 16.6. The third-order valence-corrected chi connectivity index (χ3v) is 4.99. The first-order valence-electron chi connectivity index (χ1n) is 9.65. The van der Waals surface area contributed by atoms with Crippen molar-refractivity contribution in [1.82, 2.24) is 5.32 Å². The minimum absolute atomic E-state index is 0.132. The summed E-state index contributed by atoms with van der Waals surface area (Å²) in [6.45, 7) is 1.98. The molecule has 7 heteroatoms. The van der Waals surface area contributed by atoms with Crippen LogP contribution in [-0.4, -0.2) is 37.5 Å². The van der Waals surface area contributed by atoms with E-state index in [1.807, 2.05) is 30.3 Å². The molecular formula is C22H22N4O3. The molecule has 2 fully saturated rings. The van der Waals surface area contributed by atoms with Crippen molar-refractivity contribution in [1.29, 1.82) is 0 Å². The second-order valence-electron chi connectivity index (χ2n) is 7.00. The Balaban J connectivity index is 1.37. The quantitative estimate of drug-likeness (QED) is 0.770. The van der Waals surface area contributed by atoms with Crippen LogP contribution in [0.25, 0.3) is 6.08 Å². The van der Waals surface area contributed by atoms with Gasteiger partial charge in [0, 0.05) is 49.2 Å². The summed E-state index contributed by atoms with van der Waals surface area (Å²) in [6, 6.07) is 14.6. The first-order valence-corrected chi connectivity index (χ1v) is 9.65. The van der Waals surface area contributed by atoms with Crippen molar-refractivity contribution in [3.05, 3.63) is 60.2 Å². The summed E-state index contributed by atoms with van der Waals surface area (Å²) in [7, 11) is 0. The molecule has 7 nitrogen and oxygen atoms in total. The zero-order chi connectivity index (χ0) is 20.2. The third-order valence-electron chi connectivity index (χ3n) is 4.99. The molecule has 0 radical (unpaired) electrons. The molecule has 2 aromatic carbocycles. The Hall–Kier alpha value is -3.61. The summed E-state index contributed by atoms with van der Waals surface area (Å²) in [5.41, 5.74) is 3.13. The molecule has 148 valence electrons. The zero-order valence-corrected chi connectivity index (χ0v) is 15.9. The lowest BCUT2D eigenvalue weighted by atomic mass is 10.2. The first-order chi connectivity index (χ1) is 14.1. The average Bonchev–Trinajstić information content (AvgIpc) is 3.35. The van der Waals surface area contributed by atoms with Gasteiger partial charge in [0.1, 0.15) is 0 Å². The Bertz CT molecular complexity index is 968. The van der Waals surface area contributed by atoms with Gasteiger partial charge in [-0.1, -0.05) is 18.2 Å². The van der Waals surface area contributed by atoms with E-state index in [9.17, 15) is 14.4 Å². The van der Waals surface area contributed by atoms with Crippen LogP contribution in [0.4, 0.5) is 21.9 Å². The highest BCUT2D eigenvalue weighted by atomic mass is 16.2. The number of anilines is 3. The van der Waals surface area contributed by atoms with Crippen LogP contribution in [0.5, 0.6) is 0 Å². The summed E-state index contributed by atoms with van der Waals surface area (Å²) in [5, 5.41) is 5.57. The summed E-state index contributed by atoms with van der Waals surface area (Å²) >= 11 is 0. The number of rotatable bonds is 5. The number of hydrogen-bond donors (Lipinski definition) is 2. The Morgan fingerprint density at radius 1 is 1.00 bits per heavy atom. The SMILES string of the molecule is O=C(/C=C/c1ccc(N2CCCC2=O)cc1)Nc1cccc(N2CCNC2=O)c1. The van der Waals surface area contributed by atoms with Crippen LogP contribution in [-0.2, 0) is 9.59 Å². The molecule has 0 spiro atoms. The van der Waals surface area contributed by atoms with Crippen molar-refractivity contribution in [2.24, 2.45) is 0 Å². The van der Waals surface area contributed by atoms with Crippen molar-refractivity contribution in [3.63, 3.8) is 0 Å². The van der Waals surface area contributed by atoms with E-state index in [4.69, 9.17) is 0 Å². The van der Waals surface area contributed by atoms with Crippen LogP contribution < -0.4 is 20.4 Å². The Morgan fingerprint density at radius 3 is 2.52 bits per heavy atom. The molecule has 2 heterocycles. The van der Waals surface area contributed by atoms with Gasteiger partial charge in [-0.25, -0.2) is 4.79 Å². The molecule has 2 aliphatic heterocycles. The largest absolute Gasteiger partial charge is 0.336 e. The molecule has 0 aromatic heterocycles. The van der Waals surface area contributed by atoms with Crippen LogP contribution in [0.1, 0.15) is 18.4 Å². The Kier molecular flexibility index (Phi) is 5.29. The lowest BCUT2D eigenvalue weighted by molar-refractivity contribution is -0.117. The van der Waals surface area contributed by atoms with Crippen LogP contribution in [0.3, 0.4) is 0 Å². The molecule has 0 unspecified atom stereocenters. The lowest BCUT2D eigenvalue weighted by Gasteiger charge is -2.15. The number of nitrogens with one attached hydrogen (secondary N) is 2. The fourth-order valence-corrected chi connectivity index (χ4v) is 3.51. The van der Waals surface area contributed by atoms with Crippen LogP contribution in [0.15, 0.2) is 54.6 Å². The van der Waals surface area contributed by atoms with Crippen molar-refractivity contribution in [2.45, 2.75) is 12.8 Å². The molecule has 4 amide bonds. The molecule has 0 aliphatic carbocycles. The monoisotopic (exact) mass is 390 g/mol. The van der Waals surface area contributed by atoms with Gasteiger partial charge in [-0.05, 0) is 48.4 Å². The molecular weight excluding hydrogens is 368 g/mol. The van der Waals surface area contributed by atoms with E-state index in [0.717, 1.165) is 29.9 Å². The maximum atomic E-state index is 12.3. The van der Waals surface area contributed by atoms with E-state index in [2.05, 4.69) is 10.6 Å². The molecule has 0 bridgehead atoms. The number of amides is 4. The molecule has 2 N–H and O–H groups in total. The number of benzene rings is 2. The standard InChI is InChI=1S/C22H22N4O3/c27-20(24-17-3-1-4-19(15-17)26-14-12-23-22(26)29)11-8-16-6-9-18(10-7-16)25-13-2-5-21(25)28/h1,3-4,6-11,15H,2,5,12-14H2,(H,23,29)(H,24,27)/b11-8+. The van der Waals surface area contributed by atoms with E-state index in [-0.39, 0.29) is 17.8 Å². The Morgan fingerprint density at radius 2 is 1.83 bits per heavy atom. The van der Waals surface area contributed by atoms with Gasteiger partial charge in [-0.3, -0.25) is 14.5 Å². The summed E-state index contributed by atoms with van der Waals surface area (Å²) < 4.78 is 0. The molecule has 0 saturated carbocycles. The maximum Gasteiger partial charge on any atom is 0.321 e. The molecule has 2 aliphatic rings.